The van der Waals surface area contributed by atoms with E-state index in [-0.39, 0.29) is 5.78 Å². The molecule has 114 valence electrons. The van der Waals surface area contributed by atoms with Gasteiger partial charge in [0.05, 0.1) is 5.56 Å². The molecule has 2 atom stereocenters. The fourth-order valence-corrected chi connectivity index (χ4v) is 3.60. The molecule has 1 N–H and O–H groups in total. The van der Waals surface area contributed by atoms with Crippen LogP contribution in [-0.4, -0.2) is 49.5 Å². The molecule has 21 heavy (non-hydrogen) atoms. The maximum Gasteiger partial charge on any atom is 0.163 e. The number of likely N-dealkylation sites (tertiary alicyclic amines) is 1. The lowest BCUT2D eigenvalue weighted by Crippen LogP contribution is -2.46. The van der Waals surface area contributed by atoms with Crippen LogP contribution in [-0.2, 0) is 0 Å². The van der Waals surface area contributed by atoms with E-state index in [4.69, 9.17) is 4.74 Å². The van der Waals surface area contributed by atoms with Gasteiger partial charge in [-0.2, -0.15) is 0 Å². The number of rotatable bonds is 5. The molecule has 0 aliphatic carbocycles. The van der Waals surface area contributed by atoms with Crippen LogP contribution < -0.4 is 10.1 Å². The second-order valence-electron chi connectivity index (χ2n) is 6.06. The van der Waals surface area contributed by atoms with Crippen LogP contribution >= 0.6 is 0 Å². The number of carbonyl (C=O) groups excluding carboxylic acids is 1. The van der Waals surface area contributed by atoms with Crippen molar-refractivity contribution in [3.8, 4) is 5.75 Å². The van der Waals surface area contributed by atoms with Crippen molar-refractivity contribution in [3.05, 3.63) is 29.8 Å². The highest BCUT2D eigenvalue weighted by atomic mass is 16.5. The zero-order chi connectivity index (χ0) is 14.7. The molecular formula is C17H24N2O2. The largest absolute Gasteiger partial charge is 0.491 e. The fraction of sp³-hybridized carbons (Fsp3) is 0.588. The van der Waals surface area contributed by atoms with Gasteiger partial charge in [-0.05, 0) is 50.9 Å². The minimum Gasteiger partial charge on any atom is -0.491 e. The Bertz CT molecular complexity index is 503. The maximum atomic E-state index is 11.6. The summed E-state index contributed by atoms with van der Waals surface area (Å²) in [4.78, 5) is 14.1. The summed E-state index contributed by atoms with van der Waals surface area (Å²) in [5.74, 6) is 1.58. The Morgan fingerprint density at radius 3 is 3.10 bits per heavy atom. The van der Waals surface area contributed by atoms with E-state index in [1.165, 1.54) is 19.4 Å². The van der Waals surface area contributed by atoms with E-state index in [2.05, 4.69) is 10.2 Å². The molecule has 1 aromatic rings. The number of nitrogens with zero attached hydrogens (tertiary/aromatic N) is 1. The first-order chi connectivity index (χ1) is 10.3. The number of hydrogen-bond donors (Lipinski definition) is 1. The van der Waals surface area contributed by atoms with Crippen molar-refractivity contribution in [2.45, 2.75) is 25.8 Å². The zero-order valence-corrected chi connectivity index (χ0v) is 12.7. The SMILES string of the molecule is CC(=O)c1ccccc1OCCN1CCCC2CNCC21. The van der Waals surface area contributed by atoms with Crippen LogP contribution in [0.4, 0.5) is 0 Å². The van der Waals surface area contributed by atoms with Crippen molar-refractivity contribution in [1.29, 1.82) is 0 Å². The number of ether oxygens (including phenoxy) is 1. The molecule has 2 unspecified atom stereocenters. The Labute approximate surface area is 126 Å². The number of ketones is 1. The topological polar surface area (TPSA) is 41.6 Å². The first-order valence-corrected chi connectivity index (χ1v) is 7.93. The summed E-state index contributed by atoms with van der Waals surface area (Å²) in [5, 5.41) is 3.50. The van der Waals surface area contributed by atoms with Crippen LogP contribution in [0, 0.1) is 5.92 Å². The third-order valence-corrected chi connectivity index (χ3v) is 4.70. The van der Waals surface area contributed by atoms with Crippen molar-refractivity contribution in [3.63, 3.8) is 0 Å². The van der Waals surface area contributed by atoms with E-state index >= 15 is 0 Å². The standard InChI is InChI=1S/C17H24N2O2/c1-13(20)15-6-2-3-7-17(15)21-10-9-19-8-4-5-14-11-18-12-16(14)19/h2-3,6-7,14,16,18H,4-5,8-12H2,1H3. The number of benzene rings is 1. The smallest absolute Gasteiger partial charge is 0.163 e. The van der Waals surface area contributed by atoms with Crippen LogP contribution in [0.25, 0.3) is 0 Å². The molecule has 1 aromatic carbocycles. The number of carbonyl (C=O) groups is 1. The van der Waals surface area contributed by atoms with E-state index in [1.54, 1.807) is 6.92 Å². The molecule has 0 spiro atoms. The van der Waals surface area contributed by atoms with E-state index < -0.39 is 0 Å². The summed E-state index contributed by atoms with van der Waals surface area (Å²) < 4.78 is 5.87. The Morgan fingerprint density at radius 2 is 2.24 bits per heavy atom. The first kappa shape index (κ1) is 14.5. The average Bonchev–Trinajstić information content (AvgIpc) is 2.97. The third-order valence-electron chi connectivity index (χ3n) is 4.70. The summed E-state index contributed by atoms with van der Waals surface area (Å²) in [6.07, 6.45) is 2.63. The lowest BCUT2D eigenvalue weighted by molar-refractivity contribution is 0.0990. The number of nitrogens with one attached hydrogen (secondary N) is 1. The van der Waals surface area contributed by atoms with Gasteiger partial charge in [0.2, 0.25) is 0 Å². The number of Topliss-reactive ketones (excluding diaryl/α,β-unsaturated/α-hetero) is 1. The highest BCUT2D eigenvalue weighted by Gasteiger charge is 2.34. The van der Waals surface area contributed by atoms with Crippen molar-refractivity contribution < 1.29 is 9.53 Å². The van der Waals surface area contributed by atoms with Gasteiger partial charge in [-0.3, -0.25) is 9.69 Å². The van der Waals surface area contributed by atoms with Crippen LogP contribution in [0.2, 0.25) is 0 Å². The average molecular weight is 288 g/mol. The summed E-state index contributed by atoms with van der Waals surface area (Å²) >= 11 is 0. The highest BCUT2D eigenvalue weighted by Crippen LogP contribution is 2.26. The summed E-state index contributed by atoms with van der Waals surface area (Å²) in [6, 6.07) is 8.18. The van der Waals surface area contributed by atoms with Crippen LogP contribution in [0.3, 0.4) is 0 Å². The van der Waals surface area contributed by atoms with Crippen LogP contribution in [0.1, 0.15) is 30.1 Å². The third kappa shape index (κ3) is 3.27. The van der Waals surface area contributed by atoms with Gasteiger partial charge < -0.3 is 10.1 Å². The van der Waals surface area contributed by atoms with Gasteiger partial charge in [-0.1, -0.05) is 12.1 Å². The summed E-state index contributed by atoms with van der Waals surface area (Å²) in [5.41, 5.74) is 0.677. The van der Waals surface area contributed by atoms with Gasteiger partial charge >= 0.3 is 0 Å². The predicted octanol–water partition coefficient (Wildman–Crippen LogP) is 1.95. The van der Waals surface area contributed by atoms with E-state index in [0.29, 0.717) is 24.0 Å². The second-order valence-corrected chi connectivity index (χ2v) is 6.06. The van der Waals surface area contributed by atoms with Gasteiger partial charge in [0.25, 0.3) is 0 Å². The lowest BCUT2D eigenvalue weighted by atomic mass is 9.92. The molecule has 4 nitrogen and oxygen atoms in total. The molecule has 2 aliphatic heterocycles. The Hall–Kier alpha value is -1.39. The van der Waals surface area contributed by atoms with Crippen LogP contribution in [0.5, 0.6) is 5.75 Å². The normalized spacial score (nSPS) is 25.6. The first-order valence-electron chi connectivity index (χ1n) is 7.93. The van der Waals surface area contributed by atoms with Crippen molar-refractivity contribution in [2.75, 3.05) is 32.8 Å². The fourth-order valence-electron chi connectivity index (χ4n) is 3.60. The maximum absolute atomic E-state index is 11.6. The number of fused-ring (bicyclic) bond motifs is 1. The van der Waals surface area contributed by atoms with Crippen molar-refractivity contribution in [2.24, 2.45) is 5.92 Å². The summed E-state index contributed by atoms with van der Waals surface area (Å²) in [6.45, 7) is 6.61. The number of hydrogen-bond acceptors (Lipinski definition) is 4. The minimum atomic E-state index is 0.0589. The molecule has 0 saturated carbocycles. The molecule has 2 heterocycles. The molecule has 2 fully saturated rings. The predicted molar refractivity (Wildman–Crippen MR) is 82.9 cm³/mol. The molecular weight excluding hydrogens is 264 g/mol. The lowest BCUT2D eigenvalue weighted by Gasteiger charge is -2.36. The molecule has 0 amide bonds. The molecule has 0 radical (unpaired) electrons. The van der Waals surface area contributed by atoms with E-state index in [9.17, 15) is 4.79 Å². The Morgan fingerprint density at radius 1 is 1.38 bits per heavy atom. The quantitative estimate of drug-likeness (QED) is 0.841. The number of piperidine rings is 1. The second kappa shape index (κ2) is 6.58. The van der Waals surface area contributed by atoms with E-state index in [1.807, 2.05) is 24.3 Å². The van der Waals surface area contributed by atoms with Crippen molar-refractivity contribution in [1.82, 2.24) is 10.2 Å². The Kier molecular flexibility index (Phi) is 4.56. The molecule has 0 bridgehead atoms. The van der Waals surface area contributed by atoms with Crippen molar-refractivity contribution >= 4 is 5.78 Å². The minimum absolute atomic E-state index is 0.0589. The summed E-state index contributed by atoms with van der Waals surface area (Å²) in [7, 11) is 0. The van der Waals surface area contributed by atoms with Gasteiger partial charge in [0.15, 0.2) is 5.78 Å². The van der Waals surface area contributed by atoms with Crippen LogP contribution in [0.15, 0.2) is 24.3 Å². The molecule has 3 rings (SSSR count). The van der Waals surface area contributed by atoms with Gasteiger partial charge in [-0.25, -0.2) is 0 Å². The van der Waals surface area contributed by atoms with Gasteiger partial charge in [0, 0.05) is 19.1 Å². The van der Waals surface area contributed by atoms with E-state index in [0.717, 1.165) is 25.6 Å². The number of para-hydroxylation sites is 1. The monoisotopic (exact) mass is 288 g/mol. The molecule has 2 aliphatic rings. The molecule has 0 aromatic heterocycles. The molecule has 2 saturated heterocycles. The zero-order valence-electron chi connectivity index (χ0n) is 12.7. The Balaban J connectivity index is 1.55. The van der Waals surface area contributed by atoms with Gasteiger partial charge in [-0.15, -0.1) is 0 Å². The van der Waals surface area contributed by atoms with Gasteiger partial charge in [0.1, 0.15) is 12.4 Å². The highest BCUT2D eigenvalue weighted by molar-refractivity contribution is 5.96. The molecule has 4 heteroatoms.